The van der Waals surface area contributed by atoms with Crippen LogP contribution in [0.3, 0.4) is 0 Å². The lowest BCUT2D eigenvalue weighted by Crippen LogP contribution is -2.23. The zero-order valence-corrected chi connectivity index (χ0v) is 17.9. The standard InChI is InChI=1S/C23H23ClFNO5/c1-3-5-15(12-27)26-11-17(23(29)30)22(28)16-9-13(10-19(31-2)21(16)26)8-14-6-4-7-18(24)20(14)25/h4,6-7,9-11,15,27H,3,5,8,12H2,1-2H3,(H,29,30)/t15-/m1/s1. The fourth-order valence-corrected chi connectivity index (χ4v) is 3.96. The zero-order chi connectivity index (χ0) is 22.7. The Morgan fingerprint density at radius 3 is 2.68 bits per heavy atom. The molecule has 0 aliphatic rings. The van der Waals surface area contributed by atoms with Gasteiger partial charge in [0.25, 0.3) is 0 Å². The molecule has 2 N–H and O–H groups in total. The molecule has 0 saturated heterocycles. The molecule has 0 radical (unpaired) electrons. The van der Waals surface area contributed by atoms with Crippen molar-refractivity contribution in [2.75, 3.05) is 13.7 Å². The number of carbonyl (C=O) groups is 1. The van der Waals surface area contributed by atoms with Crippen LogP contribution in [0.4, 0.5) is 4.39 Å². The van der Waals surface area contributed by atoms with Gasteiger partial charge in [-0.1, -0.05) is 37.1 Å². The van der Waals surface area contributed by atoms with Crippen molar-refractivity contribution in [3.8, 4) is 5.75 Å². The summed E-state index contributed by atoms with van der Waals surface area (Å²) in [6, 6.07) is 7.46. The SMILES string of the molecule is CCC[C@H](CO)n1cc(C(=O)O)c(=O)c2cc(Cc3cccc(Cl)c3F)cc(OC)c21. The molecule has 8 heteroatoms. The molecule has 2 aromatic carbocycles. The van der Waals surface area contributed by atoms with Gasteiger partial charge in [0.05, 0.1) is 35.7 Å². The predicted molar refractivity (Wildman–Crippen MR) is 117 cm³/mol. The van der Waals surface area contributed by atoms with Gasteiger partial charge in [-0.15, -0.1) is 0 Å². The molecule has 3 aromatic rings. The minimum Gasteiger partial charge on any atom is -0.495 e. The van der Waals surface area contributed by atoms with Crippen LogP contribution in [-0.2, 0) is 6.42 Å². The van der Waals surface area contributed by atoms with E-state index in [1.54, 1.807) is 28.8 Å². The summed E-state index contributed by atoms with van der Waals surface area (Å²) in [6.45, 7) is 1.71. The molecule has 6 nitrogen and oxygen atoms in total. The first-order chi connectivity index (χ1) is 14.8. The van der Waals surface area contributed by atoms with Crippen molar-refractivity contribution in [2.45, 2.75) is 32.2 Å². The molecule has 1 atom stereocenters. The summed E-state index contributed by atoms with van der Waals surface area (Å²) in [5.74, 6) is -1.58. The molecule has 1 heterocycles. The summed E-state index contributed by atoms with van der Waals surface area (Å²) in [5.41, 5.74) is 0.213. The first-order valence-electron chi connectivity index (χ1n) is 9.85. The van der Waals surface area contributed by atoms with Crippen molar-refractivity contribution < 1.29 is 24.1 Å². The fraction of sp³-hybridized carbons (Fsp3) is 0.304. The highest BCUT2D eigenvalue weighted by molar-refractivity contribution is 6.30. The number of aliphatic hydroxyl groups is 1. The molecule has 0 unspecified atom stereocenters. The van der Waals surface area contributed by atoms with Crippen molar-refractivity contribution in [1.82, 2.24) is 4.57 Å². The number of carboxylic acids is 1. The number of benzene rings is 2. The van der Waals surface area contributed by atoms with Gasteiger partial charge in [-0.25, -0.2) is 9.18 Å². The molecular weight excluding hydrogens is 425 g/mol. The van der Waals surface area contributed by atoms with Gasteiger partial charge in [0.1, 0.15) is 17.1 Å². The molecule has 0 amide bonds. The van der Waals surface area contributed by atoms with Crippen molar-refractivity contribution in [3.63, 3.8) is 0 Å². The minimum atomic E-state index is -1.36. The third kappa shape index (κ3) is 4.43. The van der Waals surface area contributed by atoms with Gasteiger partial charge >= 0.3 is 5.97 Å². The number of aliphatic hydroxyl groups excluding tert-OH is 1. The topological polar surface area (TPSA) is 88.8 Å². The fourth-order valence-electron chi connectivity index (χ4n) is 3.77. The normalized spacial score (nSPS) is 12.2. The molecule has 0 fully saturated rings. The van der Waals surface area contributed by atoms with Gasteiger partial charge in [-0.3, -0.25) is 4.79 Å². The Kier molecular flexibility index (Phi) is 6.97. The van der Waals surface area contributed by atoms with E-state index < -0.39 is 28.8 Å². The Balaban J connectivity index is 2.30. The van der Waals surface area contributed by atoms with Gasteiger partial charge in [0, 0.05) is 12.6 Å². The average molecular weight is 448 g/mol. The van der Waals surface area contributed by atoms with Gasteiger partial charge < -0.3 is 19.5 Å². The van der Waals surface area contributed by atoms with Crippen LogP contribution in [0.5, 0.6) is 5.75 Å². The van der Waals surface area contributed by atoms with E-state index in [4.69, 9.17) is 16.3 Å². The van der Waals surface area contributed by atoms with Crippen LogP contribution >= 0.6 is 11.6 Å². The second-order valence-electron chi connectivity index (χ2n) is 7.29. The van der Waals surface area contributed by atoms with E-state index in [-0.39, 0.29) is 23.4 Å². The predicted octanol–water partition coefficient (Wildman–Crippen LogP) is 4.43. The molecular formula is C23H23ClFNO5. The monoisotopic (exact) mass is 447 g/mol. The Labute approximate surface area is 183 Å². The highest BCUT2D eigenvalue weighted by Crippen LogP contribution is 2.31. The molecule has 164 valence electrons. The second-order valence-corrected chi connectivity index (χ2v) is 7.70. The number of ether oxygens (including phenoxy) is 1. The molecule has 0 aliphatic heterocycles. The van der Waals surface area contributed by atoms with Crippen LogP contribution in [-0.4, -0.2) is 34.5 Å². The number of hydrogen-bond donors (Lipinski definition) is 2. The Bertz CT molecular complexity index is 1190. The zero-order valence-electron chi connectivity index (χ0n) is 17.2. The average Bonchev–Trinajstić information content (AvgIpc) is 2.75. The molecule has 1 aromatic heterocycles. The Morgan fingerprint density at radius 1 is 1.32 bits per heavy atom. The van der Waals surface area contributed by atoms with Crippen molar-refractivity contribution >= 4 is 28.5 Å². The van der Waals surface area contributed by atoms with Crippen molar-refractivity contribution in [1.29, 1.82) is 0 Å². The van der Waals surface area contributed by atoms with Crippen LogP contribution in [0.2, 0.25) is 5.02 Å². The van der Waals surface area contributed by atoms with E-state index >= 15 is 0 Å². The van der Waals surface area contributed by atoms with Gasteiger partial charge in [-0.2, -0.15) is 0 Å². The number of nitrogens with zero attached hydrogens (tertiary/aromatic N) is 1. The number of methoxy groups -OCH3 is 1. The molecule has 3 rings (SSSR count). The van der Waals surface area contributed by atoms with Gasteiger partial charge in [0.15, 0.2) is 0 Å². The van der Waals surface area contributed by atoms with Crippen LogP contribution in [0.1, 0.15) is 47.3 Å². The van der Waals surface area contributed by atoms with E-state index in [9.17, 15) is 24.2 Å². The summed E-state index contributed by atoms with van der Waals surface area (Å²) >= 11 is 5.87. The number of fused-ring (bicyclic) bond motifs is 1. The van der Waals surface area contributed by atoms with E-state index in [2.05, 4.69) is 0 Å². The number of halogens is 2. The lowest BCUT2D eigenvalue weighted by molar-refractivity contribution is 0.0694. The molecule has 0 bridgehead atoms. The summed E-state index contributed by atoms with van der Waals surface area (Å²) < 4.78 is 21.5. The minimum absolute atomic E-state index is 0.00822. The molecule has 0 aliphatic carbocycles. The summed E-state index contributed by atoms with van der Waals surface area (Å²) in [5, 5.41) is 19.6. The Hall–Kier alpha value is -2.90. The molecule has 0 spiro atoms. The first kappa shape index (κ1) is 22.8. The van der Waals surface area contributed by atoms with Crippen LogP contribution < -0.4 is 10.2 Å². The van der Waals surface area contributed by atoms with Gasteiger partial charge in [-0.05, 0) is 35.7 Å². The lowest BCUT2D eigenvalue weighted by atomic mass is 10.00. The maximum atomic E-state index is 14.4. The number of carboxylic acid groups (broad SMARTS) is 1. The quantitative estimate of drug-likeness (QED) is 0.533. The second kappa shape index (κ2) is 9.49. The number of hydrogen-bond acceptors (Lipinski definition) is 4. The van der Waals surface area contributed by atoms with Crippen LogP contribution in [0, 0.1) is 5.82 Å². The maximum absolute atomic E-state index is 14.4. The molecule has 0 saturated carbocycles. The lowest BCUT2D eigenvalue weighted by Gasteiger charge is -2.23. The summed E-state index contributed by atoms with van der Waals surface area (Å²) in [6.07, 6.45) is 2.71. The third-order valence-electron chi connectivity index (χ3n) is 5.25. The van der Waals surface area contributed by atoms with Crippen LogP contribution in [0.15, 0.2) is 41.3 Å². The summed E-state index contributed by atoms with van der Waals surface area (Å²) in [4.78, 5) is 24.7. The smallest absolute Gasteiger partial charge is 0.341 e. The maximum Gasteiger partial charge on any atom is 0.341 e. The number of aromatic carboxylic acids is 1. The van der Waals surface area contributed by atoms with E-state index in [1.165, 1.54) is 19.4 Å². The number of rotatable bonds is 8. The first-order valence-corrected chi connectivity index (χ1v) is 10.2. The van der Waals surface area contributed by atoms with Crippen LogP contribution in [0.25, 0.3) is 10.9 Å². The van der Waals surface area contributed by atoms with E-state index in [1.807, 2.05) is 6.92 Å². The van der Waals surface area contributed by atoms with Crippen molar-refractivity contribution in [3.05, 3.63) is 74.3 Å². The van der Waals surface area contributed by atoms with E-state index in [0.717, 1.165) is 6.42 Å². The highest BCUT2D eigenvalue weighted by Gasteiger charge is 2.22. The Morgan fingerprint density at radius 2 is 2.06 bits per heavy atom. The summed E-state index contributed by atoms with van der Waals surface area (Å²) in [7, 11) is 1.44. The highest BCUT2D eigenvalue weighted by atomic mass is 35.5. The number of aromatic nitrogens is 1. The van der Waals surface area contributed by atoms with E-state index in [0.29, 0.717) is 28.8 Å². The van der Waals surface area contributed by atoms with Gasteiger partial charge in [0.2, 0.25) is 5.43 Å². The number of pyridine rings is 1. The molecule has 31 heavy (non-hydrogen) atoms. The third-order valence-corrected chi connectivity index (χ3v) is 5.54. The largest absolute Gasteiger partial charge is 0.495 e. The van der Waals surface area contributed by atoms with Crippen molar-refractivity contribution in [2.24, 2.45) is 0 Å².